The van der Waals surface area contributed by atoms with E-state index in [0.29, 0.717) is 0 Å². The predicted molar refractivity (Wildman–Crippen MR) is 118 cm³/mol. The Kier molecular flexibility index (Phi) is 5.10. The summed E-state index contributed by atoms with van der Waals surface area (Å²) in [6.45, 7) is 0. The Labute approximate surface area is 170 Å². The van der Waals surface area contributed by atoms with Gasteiger partial charge in [-0.3, -0.25) is 0 Å². The van der Waals surface area contributed by atoms with Crippen LogP contribution in [0.15, 0.2) is 78.9 Å². The minimum absolute atomic E-state index is 0.229. The summed E-state index contributed by atoms with van der Waals surface area (Å²) in [5, 5.41) is 24.7. The number of methoxy groups -OCH3 is 1. The van der Waals surface area contributed by atoms with Gasteiger partial charge >= 0.3 is 0 Å². The second-order valence-corrected chi connectivity index (χ2v) is 6.97. The normalized spacial score (nSPS) is 12.1. The first-order valence-corrected chi connectivity index (χ1v) is 9.46. The summed E-state index contributed by atoms with van der Waals surface area (Å²) in [7, 11) is 3.60. The lowest BCUT2D eigenvalue weighted by Crippen LogP contribution is -2.07. The van der Waals surface area contributed by atoms with Crippen LogP contribution in [0.3, 0.4) is 0 Å². The Morgan fingerprint density at radius 1 is 0.793 bits per heavy atom. The van der Waals surface area contributed by atoms with Gasteiger partial charge in [0.2, 0.25) is 0 Å². The first-order valence-electron chi connectivity index (χ1n) is 9.46. The molecule has 3 N–H and O–H groups in total. The summed E-state index contributed by atoms with van der Waals surface area (Å²) in [5.41, 5.74) is 5.10. The zero-order valence-electron chi connectivity index (χ0n) is 16.4. The summed E-state index contributed by atoms with van der Waals surface area (Å²) < 4.78 is 5.99. The maximum atomic E-state index is 9.94. The van der Waals surface area contributed by atoms with Crippen LogP contribution in [-0.2, 0) is 4.74 Å². The van der Waals surface area contributed by atoms with Crippen molar-refractivity contribution in [1.82, 2.24) is 0 Å². The number of hydrogen-bond donors (Lipinski definition) is 3. The second-order valence-electron chi connectivity index (χ2n) is 6.97. The van der Waals surface area contributed by atoms with Gasteiger partial charge in [0.15, 0.2) is 0 Å². The van der Waals surface area contributed by atoms with E-state index in [0.717, 1.165) is 38.7 Å². The number of phenolic OH excluding ortho intramolecular Hbond substituents is 2. The van der Waals surface area contributed by atoms with Crippen molar-refractivity contribution in [2.45, 2.75) is 6.10 Å². The van der Waals surface area contributed by atoms with Gasteiger partial charge < -0.3 is 20.3 Å². The maximum absolute atomic E-state index is 9.94. The van der Waals surface area contributed by atoms with Crippen LogP contribution in [0.1, 0.15) is 17.2 Å². The van der Waals surface area contributed by atoms with Gasteiger partial charge in [0.1, 0.15) is 17.6 Å². The summed E-state index contributed by atoms with van der Waals surface area (Å²) in [6, 6.07) is 24.8. The molecule has 0 fully saturated rings. The van der Waals surface area contributed by atoms with Gasteiger partial charge in [-0.15, -0.1) is 0 Å². The van der Waals surface area contributed by atoms with Gasteiger partial charge in [-0.05, 0) is 63.9 Å². The molecule has 4 aromatic rings. The second kappa shape index (κ2) is 7.86. The quantitative estimate of drug-likeness (QED) is 0.413. The molecule has 0 amide bonds. The van der Waals surface area contributed by atoms with Crippen LogP contribution in [-0.4, -0.2) is 24.4 Å². The van der Waals surface area contributed by atoms with E-state index < -0.39 is 0 Å². The van der Waals surface area contributed by atoms with Gasteiger partial charge in [0, 0.05) is 25.4 Å². The van der Waals surface area contributed by atoms with Gasteiger partial charge in [0.05, 0.1) is 0 Å². The highest BCUT2D eigenvalue weighted by Crippen LogP contribution is 2.40. The number of phenols is 2. The van der Waals surface area contributed by atoms with Crippen molar-refractivity contribution >= 4 is 16.5 Å². The largest absolute Gasteiger partial charge is 0.508 e. The van der Waals surface area contributed by atoms with Crippen molar-refractivity contribution in [3.63, 3.8) is 0 Å². The lowest BCUT2D eigenvalue weighted by molar-refractivity contribution is 0.138. The molecule has 0 aliphatic rings. The van der Waals surface area contributed by atoms with E-state index in [1.165, 1.54) is 0 Å². The van der Waals surface area contributed by atoms with Gasteiger partial charge in [-0.2, -0.15) is 0 Å². The fourth-order valence-corrected chi connectivity index (χ4v) is 3.76. The smallest absolute Gasteiger partial charge is 0.116 e. The Morgan fingerprint density at radius 2 is 1.48 bits per heavy atom. The molecule has 0 aromatic heterocycles. The van der Waals surface area contributed by atoms with E-state index in [-0.39, 0.29) is 17.6 Å². The Morgan fingerprint density at radius 3 is 2.14 bits per heavy atom. The molecule has 1 unspecified atom stereocenters. The first kappa shape index (κ1) is 18.8. The van der Waals surface area contributed by atoms with E-state index in [4.69, 9.17) is 4.74 Å². The van der Waals surface area contributed by atoms with E-state index in [1.54, 1.807) is 31.4 Å². The molecular weight excluding hydrogens is 362 g/mol. The van der Waals surface area contributed by atoms with Crippen molar-refractivity contribution in [1.29, 1.82) is 0 Å². The molecule has 0 heterocycles. The molecule has 4 heteroatoms. The van der Waals surface area contributed by atoms with Crippen LogP contribution in [0.4, 0.5) is 5.69 Å². The van der Waals surface area contributed by atoms with E-state index in [9.17, 15) is 10.2 Å². The summed E-state index contributed by atoms with van der Waals surface area (Å²) in [5.74, 6) is 0.458. The lowest BCUT2D eigenvalue weighted by Gasteiger charge is -2.23. The number of rotatable bonds is 5. The number of ether oxygens (including phenoxy) is 1. The number of aromatic hydroxyl groups is 2. The van der Waals surface area contributed by atoms with Crippen molar-refractivity contribution in [2.24, 2.45) is 0 Å². The monoisotopic (exact) mass is 385 g/mol. The third kappa shape index (κ3) is 3.62. The van der Waals surface area contributed by atoms with E-state index in [2.05, 4.69) is 17.4 Å². The molecule has 0 saturated heterocycles. The average Bonchev–Trinajstić information content (AvgIpc) is 2.75. The predicted octanol–water partition coefficient (Wildman–Crippen LogP) is 5.70. The fourth-order valence-electron chi connectivity index (χ4n) is 3.76. The summed E-state index contributed by atoms with van der Waals surface area (Å²) in [4.78, 5) is 0. The highest BCUT2D eigenvalue weighted by Gasteiger charge is 2.21. The molecule has 0 bridgehead atoms. The number of nitrogens with one attached hydrogen (secondary N) is 1. The van der Waals surface area contributed by atoms with Gasteiger partial charge in [0.25, 0.3) is 0 Å². The van der Waals surface area contributed by atoms with Crippen LogP contribution in [0.5, 0.6) is 11.5 Å². The van der Waals surface area contributed by atoms with Crippen LogP contribution < -0.4 is 5.32 Å². The maximum Gasteiger partial charge on any atom is 0.116 e. The highest BCUT2D eigenvalue weighted by molar-refractivity contribution is 5.93. The number of hydrogen-bond acceptors (Lipinski definition) is 4. The fraction of sp³-hybridized carbons (Fsp3) is 0.120. The molecule has 0 radical (unpaired) electrons. The van der Waals surface area contributed by atoms with E-state index >= 15 is 0 Å². The Bertz CT molecular complexity index is 1140. The number of fused-ring (bicyclic) bond motifs is 1. The standard InChI is InChI=1S/C25H23NO3/c1-26-19-8-3-17(4-9-19)25(29-2)24-22(16-5-10-20(27)11-6-16)13-7-18-15-21(28)12-14-23(18)24/h3-15,25-28H,1-2H3. The molecular formula is C25H23NO3. The lowest BCUT2D eigenvalue weighted by atomic mass is 9.88. The Balaban J connectivity index is 1.97. The summed E-state index contributed by atoms with van der Waals surface area (Å²) in [6.07, 6.45) is -0.294. The number of anilines is 1. The molecule has 0 spiro atoms. The molecule has 4 aromatic carbocycles. The van der Waals surface area contributed by atoms with Crippen LogP contribution >= 0.6 is 0 Å². The van der Waals surface area contributed by atoms with Gasteiger partial charge in [-0.25, -0.2) is 0 Å². The van der Waals surface area contributed by atoms with Crippen molar-refractivity contribution < 1.29 is 14.9 Å². The molecule has 4 rings (SSSR count). The van der Waals surface area contributed by atoms with Crippen LogP contribution in [0, 0.1) is 0 Å². The minimum Gasteiger partial charge on any atom is -0.508 e. The minimum atomic E-state index is -0.294. The third-order valence-corrected chi connectivity index (χ3v) is 5.22. The molecule has 4 nitrogen and oxygen atoms in total. The molecule has 1 atom stereocenters. The third-order valence-electron chi connectivity index (χ3n) is 5.22. The Hall–Kier alpha value is -3.50. The molecule has 0 saturated carbocycles. The summed E-state index contributed by atoms with van der Waals surface area (Å²) >= 11 is 0. The van der Waals surface area contributed by atoms with Crippen LogP contribution in [0.25, 0.3) is 21.9 Å². The van der Waals surface area contributed by atoms with Gasteiger partial charge in [-0.1, -0.05) is 42.5 Å². The number of benzene rings is 4. The highest BCUT2D eigenvalue weighted by atomic mass is 16.5. The SMILES string of the molecule is CNc1ccc(C(OC)c2c(-c3ccc(O)cc3)ccc3cc(O)ccc23)cc1. The van der Waals surface area contributed by atoms with Crippen molar-refractivity contribution in [2.75, 3.05) is 19.5 Å². The van der Waals surface area contributed by atoms with Crippen molar-refractivity contribution in [3.05, 3.63) is 90.0 Å². The zero-order chi connectivity index (χ0) is 20.4. The van der Waals surface area contributed by atoms with E-state index in [1.807, 2.05) is 49.5 Å². The first-order chi connectivity index (χ1) is 14.1. The zero-order valence-corrected chi connectivity index (χ0v) is 16.4. The molecule has 0 aliphatic carbocycles. The molecule has 0 aliphatic heterocycles. The average molecular weight is 385 g/mol. The van der Waals surface area contributed by atoms with Crippen LogP contribution in [0.2, 0.25) is 0 Å². The topological polar surface area (TPSA) is 61.7 Å². The molecule has 29 heavy (non-hydrogen) atoms. The molecule has 146 valence electrons. The van der Waals surface area contributed by atoms with Crippen molar-refractivity contribution in [3.8, 4) is 22.6 Å².